The van der Waals surface area contributed by atoms with Gasteiger partial charge in [0.1, 0.15) is 0 Å². The molecule has 0 unspecified atom stereocenters. The van der Waals surface area contributed by atoms with E-state index in [1.54, 1.807) is 12.1 Å². The fourth-order valence-corrected chi connectivity index (χ4v) is 1.75. The maximum Gasteiger partial charge on any atom is 0.307 e. The molecule has 106 valence electrons. The lowest BCUT2D eigenvalue weighted by Crippen LogP contribution is -2.05. The van der Waals surface area contributed by atoms with E-state index in [0.29, 0.717) is 35.3 Å². The van der Waals surface area contributed by atoms with Crippen molar-refractivity contribution >= 4 is 17.6 Å². The lowest BCUT2D eigenvalue weighted by Gasteiger charge is -2.14. The number of carboxylic acid groups (broad SMARTS) is 1. The van der Waals surface area contributed by atoms with E-state index in [-0.39, 0.29) is 6.42 Å². The number of hydrogen-bond acceptors (Lipinski definition) is 3. The van der Waals surface area contributed by atoms with Gasteiger partial charge < -0.3 is 14.6 Å². The minimum atomic E-state index is -0.925. The van der Waals surface area contributed by atoms with Gasteiger partial charge in [-0.2, -0.15) is 0 Å². The summed E-state index contributed by atoms with van der Waals surface area (Å²) in [4.78, 5) is 10.8. The first-order chi connectivity index (χ1) is 9.08. The smallest absolute Gasteiger partial charge is 0.307 e. The van der Waals surface area contributed by atoms with E-state index in [1.165, 1.54) is 0 Å². The number of halogens is 1. The largest absolute Gasteiger partial charge is 0.490 e. The molecule has 1 rings (SSSR count). The third-order valence-electron chi connectivity index (χ3n) is 2.38. The van der Waals surface area contributed by atoms with E-state index < -0.39 is 5.97 Å². The molecule has 1 N–H and O–H groups in total. The summed E-state index contributed by atoms with van der Waals surface area (Å²) in [5.74, 6) is 0.191. The molecule has 5 heteroatoms. The molecule has 0 aliphatic carbocycles. The highest BCUT2D eigenvalue weighted by atomic mass is 35.5. The maximum absolute atomic E-state index is 10.8. The summed E-state index contributed by atoms with van der Waals surface area (Å²) in [7, 11) is 0. The van der Waals surface area contributed by atoms with Crippen LogP contribution in [0.1, 0.15) is 32.3 Å². The molecule has 0 spiro atoms. The summed E-state index contributed by atoms with van der Waals surface area (Å²) in [5.41, 5.74) is 0.532. The van der Waals surface area contributed by atoms with Gasteiger partial charge in [0.15, 0.2) is 11.5 Å². The monoisotopic (exact) mass is 286 g/mol. The molecule has 0 fully saturated rings. The Morgan fingerprint density at radius 3 is 2.16 bits per heavy atom. The highest BCUT2D eigenvalue weighted by Gasteiger charge is 2.13. The second-order valence-corrected chi connectivity index (χ2v) is 4.56. The predicted octanol–water partition coefficient (Wildman–Crippen LogP) is 3.54. The van der Waals surface area contributed by atoms with Crippen molar-refractivity contribution in [2.24, 2.45) is 0 Å². The van der Waals surface area contributed by atoms with E-state index >= 15 is 0 Å². The normalized spacial score (nSPS) is 10.3. The quantitative estimate of drug-likeness (QED) is 0.794. The fraction of sp³-hybridized carbons (Fsp3) is 0.500. The molecule has 1 aromatic rings. The third kappa shape index (κ3) is 4.99. The minimum Gasteiger partial charge on any atom is -0.490 e. The van der Waals surface area contributed by atoms with Crippen LogP contribution < -0.4 is 9.47 Å². The molecule has 0 atom stereocenters. The average Bonchev–Trinajstić information content (AvgIpc) is 2.36. The van der Waals surface area contributed by atoms with Crippen molar-refractivity contribution in [3.05, 3.63) is 22.7 Å². The van der Waals surface area contributed by atoms with Gasteiger partial charge in [0.2, 0.25) is 0 Å². The molecule has 0 aliphatic heterocycles. The molecule has 0 bridgehead atoms. The van der Waals surface area contributed by atoms with E-state index in [2.05, 4.69) is 0 Å². The molecule has 0 saturated carbocycles. The van der Waals surface area contributed by atoms with Crippen LogP contribution in [0.4, 0.5) is 0 Å². The highest BCUT2D eigenvalue weighted by Crippen LogP contribution is 2.34. The molecule has 19 heavy (non-hydrogen) atoms. The summed E-state index contributed by atoms with van der Waals surface area (Å²) >= 11 is 6.06. The van der Waals surface area contributed by atoms with Crippen LogP contribution in [0, 0.1) is 0 Å². The fourth-order valence-electron chi connectivity index (χ4n) is 1.53. The van der Waals surface area contributed by atoms with Crippen molar-refractivity contribution in [2.45, 2.75) is 33.1 Å². The number of carboxylic acids is 1. The van der Waals surface area contributed by atoms with Gasteiger partial charge in [0.05, 0.1) is 19.6 Å². The number of aliphatic carboxylic acids is 1. The van der Waals surface area contributed by atoms with Crippen LogP contribution in [0.5, 0.6) is 11.5 Å². The first kappa shape index (κ1) is 15.6. The molecule has 0 aliphatic rings. The summed E-state index contributed by atoms with van der Waals surface area (Å²) in [6, 6.07) is 3.28. The van der Waals surface area contributed by atoms with Crippen LogP contribution in [-0.4, -0.2) is 24.3 Å². The van der Waals surface area contributed by atoms with Gasteiger partial charge in [-0.15, -0.1) is 0 Å². The predicted molar refractivity (Wildman–Crippen MR) is 74.4 cm³/mol. The summed E-state index contributed by atoms with van der Waals surface area (Å²) < 4.78 is 11.2. The number of carbonyl (C=O) groups is 1. The van der Waals surface area contributed by atoms with Crippen molar-refractivity contribution in [3.63, 3.8) is 0 Å². The average molecular weight is 287 g/mol. The minimum absolute atomic E-state index is 0.130. The highest BCUT2D eigenvalue weighted by molar-refractivity contribution is 6.31. The van der Waals surface area contributed by atoms with E-state index in [4.69, 9.17) is 26.2 Å². The maximum atomic E-state index is 10.8. The molecular formula is C14H19ClO4. The van der Waals surface area contributed by atoms with Crippen LogP contribution in [-0.2, 0) is 11.2 Å². The Balaban J connectivity index is 3.01. The zero-order valence-electron chi connectivity index (χ0n) is 11.2. The summed E-state index contributed by atoms with van der Waals surface area (Å²) in [6.07, 6.45) is 1.61. The Hall–Kier alpha value is -1.42. The zero-order chi connectivity index (χ0) is 14.3. The Kier molecular flexibility index (Phi) is 6.50. The van der Waals surface area contributed by atoms with Crippen LogP contribution >= 0.6 is 11.6 Å². The Bertz CT molecular complexity index is 432. The molecule has 0 saturated heterocycles. The standard InChI is InChI=1S/C14H19ClO4/c1-3-5-18-12-7-10(8-14(16)17)11(15)9-13(12)19-6-4-2/h7,9H,3-6,8H2,1-2H3,(H,16,17). The third-order valence-corrected chi connectivity index (χ3v) is 2.73. The van der Waals surface area contributed by atoms with Gasteiger partial charge in [0, 0.05) is 11.1 Å². The van der Waals surface area contributed by atoms with Crippen LogP contribution in [0.15, 0.2) is 12.1 Å². The van der Waals surface area contributed by atoms with Gasteiger partial charge in [-0.3, -0.25) is 4.79 Å². The Morgan fingerprint density at radius 2 is 1.68 bits per heavy atom. The van der Waals surface area contributed by atoms with E-state index in [9.17, 15) is 4.79 Å². The lowest BCUT2D eigenvalue weighted by molar-refractivity contribution is -0.136. The van der Waals surface area contributed by atoms with Crippen molar-refractivity contribution < 1.29 is 19.4 Å². The van der Waals surface area contributed by atoms with Crippen molar-refractivity contribution in [1.29, 1.82) is 0 Å². The van der Waals surface area contributed by atoms with Gasteiger partial charge in [-0.05, 0) is 24.5 Å². The van der Waals surface area contributed by atoms with Crippen LogP contribution in [0.3, 0.4) is 0 Å². The lowest BCUT2D eigenvalue weighted by atomic mass is 10.1. The van der Waals surface area contributed by atoms with Crippen LogP contribution in [0.25, 0.3) is 0 Å². The Labute approximate surface area is 118 Å². The molecule has 0 aromatic heterocycles. The number of hydrogen-bond donors (Lipinski definition) is 1. The van der Waals surface area contributed by atoms with Gasteiger partial charge in [-0.25, -0.2) is 0 Å². The van der Waals surface area contributed by atoms with Crippen molar-refractivity contribution in [3.8, 4) is 11.5 Å². The molecular weight excluding hydrogens is 268 g/mol. The molecule has 0 amide bonds. The summed E-state index contributed by atoms with van der Waals surface area (Å²) in [6.45, 7) is 5.13. The number of benzene rings is 1. The first-order valence-electron chi connectivity index (χ1n) is 6.38. The van der Waals surface area contributed by atoms with Crippen molar-refractivity contribution in [1.82, 2.24) is 0 Å². The van der Waals surface area contributed by atoms with Gasteiger partial charge in [0.25, 0.3) is 0 Å². The number of ether oxygens (including phenoxy) is 2. The first-order valence-corrected chi connectivity index (χ1v) is 6.76. The van der Waals surface area contributed by atoms with E-state index in [1.807, 2.05) is 13.8 Å². The van der Waals surface area contributed by atoms with Gasteiger partial charge in [-0.1, -0.05) is 25.4 Å². The number of rotatable bonds is 8. The SMILES string of the molecule is CCCOc1cc(Cl)c(CC(=O)O)cc1OCCC. The topological polar surface area (TPSA) is 55.8 Å². The molecule has 1 aromatic carbocycles. The molecule has 0 heterocycles. The molecule has 4 nitrogen and oxygen atoms in total. The Morgan fingerprint density at radius 1 is 1.16 bits per heavy atom. The second-order valence-electron chi connectivity index (χ2n) is 4.16. The summed E-state index contributed by atoms with van der Waals surface area (Å²) in [5, 5.41) is 9.22. The zero-order valence-corrected chi connectivity index (χ0v) is 12.0. The van der Waals surface area contributed by atoms with Gasteiger partial charge >= 0.3 is 5.97 Å². The van der Waals surface area contributed by atoms with Crippen LogP contribution in [0.2, 0.25) is 5.02 Å². The molecule has 0 radical (unpaired) electrons. The van der Waals surface area contributed by atoms with Crippen molar-refractivity contribution in [2.75, 3.05) is 13.2 Å². The second kappa shape index (κ2) is 7.89. The van der Waals surface area contributed by atoms with E-state index in [0.717, 1.165) is 12.8 Å².